The quantitative estimate of drug-likeness (QED) is 0.857. The number of anilines is 1. The Labute approximate surface area is 114 Å². The van der Waals surface area contributed by atoms with E-state index in [4.69, 9.17) is 4.74 Å². The number of carbonyl (C=O) groups is 1. The van der Waals surface area contributed by atoms with Crippen LogP contribution in [0.25, 0.3) is 0 Å². The third-order valence-electron chi connectivity index (χ3n) is 3.61. The van der Waals surface area contributed by atoms with E-state index in [1.54, 1.807) is 7.11 Å². The second kappa shape index (κ2) is 6.57. The van der Waals surface area contributed by atoms with E-state index >= 15 is 0 Å². The summed E-state index contributed by atoms with van der Waals surface area (Å²) in [6.45, 7) is 2.35. The van der Waals surface area contributed by atoms with Gasteiger partial charge < -0.3 is 15.4 Å². The lowest BCUT2D eigenvalue weighted by Crippen LogP contribution is -2.34. The molecule has 0 aliphatic heterocycles. The largest absolute Gasteiger partial charge is 0.497 e. The molecule has 19 heavy (non-hydrogen) atoms. The van der Waals surface area contributed by atoms with Gasteiger partial charge in [-0.1, -0.05) is 12.8 Å². The fourth-order valence-electron chi connectivity index (χ4n) is 2.46. The van der Waals surface area contributed by atoms with Crippen molar-refractivity contribution in [3.63, 3.8) is 0 Å². The normalized spacial score (nSPS) is 15.5. The second-order valence-corrected chi connectivity index (χ2v) is 5.09. The van der Waals surface area contributed by atoms with Gasteiger partial charge in [0, 0.05) is 11.7 Å². The highest BCUT2D eigenvalue weighted by Crippen LogP contribution is 2.21. The van der Waals surface area contributed by atoms with Crippen molar-refractivity contribution in [1.82, 2.24) is 5.32 Å². The van der Waals surface area contributed by atoms with Crippen molar-refractivity contribution in [2.24, 2.45) is 0 Å². The summed E-state index contributed by atoms with van der Waals surface area (Å²) in [5, 5.41) is 6.24. The number of rotatable bonds is 5. The Hall–Kier alpha value is -1.55. The average molecular weight is 262 g/mol. The zero-order chi connectivity index (χ0) is 13.7. The second-order valence-electron chi connectivity index (χ2n) is 5.09. The Bertz CT molecular complexity index is 440. The number of ether oxygens (including phenoxy) is 1. The molecule has 104 valence electrons. The van der Waals surface area contributed by atoms with Gasteiger partial charge in [-0.2, -0.15) is 0 Å². The van der Waals surface area contributed by atoms with Gasteiger partial charge in [0.2, 0.25) is 5.91 Å². The lowest BCUT2D eigenvalue weighted by molar-refractivity contribution is -0.115. The first-order valence-electron chi connectivity index (χ1n) is 6.87. The highest BCUT2D eigenvalue weighted by molar-refractivity contribution is 5.93. The first-order valence-corrected chi connectivity index (χ1v) is 6.87. The van der Waals surface area contributed by atoms with E-state index in [0.717, 1.165) is 17.0 Å². The van der Waals surface area contributed by atoms with Crippen LogP contribution in [0.4, 0.5) is 5.69 Å². The van der Waals surface area contributed by atoms with E-state index in [1.807, 2.05) is 25.1 Å². The zero-order valence-corrected chi connectivity index (χ0v) is 11.7. The molecule has 4 nitrogen and oxygen atoms in total. The van der Waals surface area contributed by atoms with E-state index in [0.29, 0.717) is 12.6 Å². The van der Waals surface area contributed by atoms with Crippen molar-refractivity contribution in [3.05, 3.63) is 23.8 Å². The van der Waals surface area contributed by atoms with Crippen molar-refractivity contribution < 1.29 is 9.53 Å². The summed E-state index contributed by atoms with van der Waals surface area (Å²) < 4.78 is 5.14. The van der Waals surface area contributed by atoms with Crippen molar-refractivity contribution >= 4 is 11.6 Å². The molecular weight excluding hydrogens is 240 g/mol. The van der Waals surface area contributed by atoms with E-state index in [1.165, 1.54) is 25.7 Å². The number of hydrogen-bond acceptors (Lipinski definition) is 3. The minimum absolute atomic E-state index is 0.0140. The number of aryl methyl sites for hydroxylation is 1. The first-order chi connectivity index (χ1) is 9.19. The zero-order valence-electron chi connectivity index (χ0n) is 11.7. The molecule has 0 unspecified atom stereocenters. The van der Waals surface area contributed by atoms with Crippen LogP contribution in [0, 0.1) is 6.92 Å². The molecule has 0 spiro atoms. The molecule has 0 bridgehead atoms. The van der Waals surface area contributed by atoms with Crippen LogP contribution in [-0.4, -0.2) is 25.6 Å². The predicted octanol–water partition coefficient (Wildman–Crippen LogP) is 2.47. The molecule has 0 heterocycles. The summed E-state index contributed by atoms with van der Waals surface area (Å²) in [7, 11) is 1.64. The number of carbonyl (C=O) groups excluding carboxylic acids is 1. The van der Waals surface area contributed by atoms with Gasteiger partial charge in [0.1, 0.15) is 5.75 Å². The molecule has 0 atom stereocenters. The van der Waals surface area contributed by atoms with E-state index < -0.39 is 0 Å². The molecule has 1 aromatic carbocycles. The van der Waals surface area contributed by atoms with Crippen LogP contribution < -0.4 is 15.4 Å². The lowest BCUT2D eigenvalue weighted by Gasteiger charge is -2.13. The van der Waals surface area contributed by atoms with Gasteiger partial charge in [0.15, 0.2) is 0 Å². The summed E-state index contributed by atoms with van der Waals surface area (Å²) >= 11 is 0. The molecule has 1 amide bonds. The third-order valence-corrected chi connectivity index (χ3v) is 3.61. The van der Waals surface area contributed by atoms with Crippen LogP contribution >= 0.6 is 0 Å². The van der Waals surface area contributed by atoms with Crippen LogP contribution in [0.1, 0.15) is 31.2 Å². The standard InChI is InChI=1S/C15H22N2O2/c1-11-9-13(19-2)7-8-14(11)17-15(18)10-16-12-5-3-4-6-12/h7-9,12,16H,3-6,10H2,1-2H3,(H,17,18). The molecule has 1 fully saturated rings. The highest BCUT2D eigenvalue weighted by Gasteiger charge is 2.15. The van der Waals surface area contributed by atoms with Crippen molar-refractivity contribution in [2.45, 2.75) is 38.6 Å². The molecular formula is C15H22N2O2. The van der Waals surface area contributed by atoms with Crippen LogP contribution in [0.5, 0.6) is 5.75 Å². The summed E-state index contributed by atoms with van der Waals surface area (Å²) in [6, 6.07) is 6.16. The Morgan fingerprint density at radius 3 is 2.74 bits per heavy atom. The Morgan fingerprint density at radius 2 is 2.11 bits per heavy atom. The van der Waals surface area contributed by atoms with Gasteiger partial charge in [0.05, 0.1) is 13.7 Å². The Kier molecular flexibility index (Phi) is 4.80. The summed E-state index contributed by atoms with van der Waals surface area (Å²) in [6.07, 6.45) is 4.93. The molecule has 0 radical (unpaired) electrons. The summed E-state index contributed by atoms with van der Waals surface area (Å²) in [4.78, 5) is 11.9. The number of hydrogen-bond donors (Lipinski definition) is 2. The minimum Gasteiger partial charge on any atom is -0.497 e. The first kappa shape index (κ1) is 13.9. The van der Waals surface area contributed by atoms with Gasteiger partial charge in [-0.25, -0.2) is 0 Å². The predicted molar refractivity (Wildman–Crippen MR) is 76.6 cm³/mol. The van der Waals surface area contributed by atoms with Gasteiger partial charge in [-0.3, -0.25) is 4.79 Å². The van der Waals surface area contributed by atoms with Crippen LogP contribution in [0.15, 0.2) is 18.2 Å². The van der Waals surface area contributed by atoms with Gasteiger partial charge in [0.25, 0.3) is 0 Å². The van der Waals surface area contributed by atoms with Gasteiger partial charge in [-0.05, 0) is 43.5 Å². The number of amides is 1. The molecule has 2 rings (SSSR count). The maximum Gasteiger partial charge on any atom is 0.238 e. The van der Waals surface area contributed by atoms with Gasteiger partial charge >= 0.3 is 0 Å². The van der Waals surface area contributed by atoms with Gasteiger partial charge in [-0.15, -0.1) is 0 Å². The molecule has 1 aliphatic carbocycles. The Morgan fingerprint density at radius 1 is 1.37 bits per heavy atom. The van der Waals surface area contributed by atoms with Crippen molar-refractivity contribution in [2.75, 3.05) is 19.0 Å². The molecule has 1 aliphatic rings. The minimum atomic E-state index is 0.0140. The SMILES string of the molecule is COc1ccc(NC(=O)CNC2CCCC2)c(C)c1. The lowest BCUT2D eigenvalue weighted by atomic mass is 10.2. The maximum atomic E-state index is 11.9. The maximum absolute atomic E-state index is 11.9. The number of benzene rings is 1. The smallest absolute Gasteiger partial charge is 0.238 e. The third kappa shape index (κ3) is 3.96. The van der Waals surface area contributed by atoms with E-state index in [2.05, 4.69) is 10.6 Å². The molecule has 1 aromatic rings. The topological polar surface area (TPSA) is 50.4 Å². The Balaban J connectivity index is 1.84. The fraction of sp³-hybridized carbons (Fsp3) is 0.533. The van der Waals surface area contributed by atoms with Crippen molar-refractivity contribution in [1.29, 1.82) is 0 Å². The van der Waals surface area contributed by atoms with E-state index in [9.17, 15) is 4.79 Å². The molecule has 1 saturated carbocycles. The number of nitrogens with one attached hydrogen (secondary N) is 2. The summed E-state index contributed by atoms with van der Waals surface area (Å²) in [5.41, 5.74) is 1.85. The average Bonchev–Trinajstić information content (AvgIpc) is 2.92. The highest BCUT2D eigenvalue weighted by atomic mass is 16.5. The van der Waals surface area contributed by atoms with Crippen molar-refractivity contribution in [3.8, 4) is 5.75 Å². The summed E-state index contributed by atoms with van der Waals surface area (Å²) in [5.74, 6) is 0.819. The molecule has 0 saturated heterocycles. The molecule has 4 heteroatoms. The fourth-order valence-corrected chi connectivity index (χ4v) is 2.46. The van der Waals surface area contributed by atoms with Crippen LogP contribution in [0.2, 0.25) is 0 Å². The van der Waals surface area contributed by atoms with Crippen LogP contribution in [-0.2, 0) is 4.79 Å². The number of methoxy groups -OCH3 is 1. The van der Waals surface area contributed by atoms with E-state index in [-0.39, 0.29) is 5.91 Å². The monoisotopic (exact) mass is 262 g/mol. The molecule has 2 N–H and O–H groups in total. The molecule has 0 aromatic heterocycles. The van der Waals surface area contributed by atoms with Crippen LogP contribution in [0.3, 0.4) is 0 Å².